The second kappa shape index (κ2) is 5.06. The maximum atomic E-state index is 12.6. The van der Waals surface area contributed by atoms with Crippen LogP contribution in [0.15, 0.2) is 0 Å². The van der Waals surface area contributed by atoms with Crippen LogP contribution in [0.3, 0.4) is 0 Å². The van der Waals surface area contributed by atoms with E-state index in [0.29, 0.717) is 0 Å². The molecule has 0 aliphatic carbocycles. The summed E-state index contributed by atoms with van der Waals surface area (Å²) in [5.74, 6) is -0.592. The maximum absolute atomic E-state index is 12.6. The smallest absolute Gasteiger partial charge is 0.427 e. The largest absolute Gasteiger partial charge is 0.511 e. The van der Waals surface area contributed by atoms with Gasteiger partial charge in [-0.2, -0.15) is 24.1 Å². The molecule has 0 amide bonds. The van der Waals surface area contributed by atoms with Gasteiger partial charge in [0.05, 0.1) is 0 Å². The van der Waals surface area contributed by atoms with E-state index in [9.17, 15) is 18.0 Å². The Kier molecular flexibility index (Phi) is 4.16. The molecule has 1 unspecified atom stereocenters. The van der Waals surface area contributed by atoms with Crippen LogP contribution in [0, 0.1) is 11.2 Å². The summed E-state index contributed by atoms with van der Waals surface area (Å²) in [6.45, 7) is -1.49. The summed E-state index contributed by atoms with van der Waals surface area (Å²) in [6, 6.07) is 0. The Bertz CT molecular complexity index is 357. The van der Waals surface area contributed by atoms with Crippen LogP contribution in [0.25, 0.3) is 0 Å². The zero-order valence-corrected chi connectivity index (χ0v) is 10.0. The molecule has 1 atom stereocenters. The zero-order valence-electron chi connectivity index (χ0n) is 9.13. The molecular weight excluding hydrogens is 261 g/mol. The Hall–Kier alpha value is -1.07. The molecule has 0 spiro atoms. The van der Waals surface area contributed by atoms with Gasteiger partial charge in [-0.3, -0.25) is 0 Å². The van der Waals surface area contributed by atoms with Crippen molar-refractivity contribution in [1.82, 2.24) is 0 Å². The van der Waals surface area contributed by atoms with E-state index in [2.05, 4.69) is 25.4 Å². The van der Waals surface area contributed by atoms with Crippen LogP contribution in [0.4, 0.5) is 18.0 Å². The molecule has 0 aromatic heterocycles. The molecule has 1 saturated heterocycles. The van der Waals surface area contributed by atoms with Crippen molar-refractivity contribution in [3.8, 4) is 11.2 Å². The van der Waals surface area contributed by atoms with E-state index in [1.165, 1.54) is 0 Å². The lowest BCUT2D eigenvalue weighted by Gasteiger charge is -2.26. The van der Waals surface area contributed by atoms with Gasteiger partial charge in [-0.05, 0) is 12.5 Å². The SMILES string of the molecule is C[SH](C)C#CCOC1(C(F)(F)F)COC(=O)O1. The third-order valence-electron chi connectivity index (χ3n) is 1.74. The topological polar surface area (TPSA) is 44.8 Å². The first-order chi connectivity index (χ1) is 7.77. The number of cyclic esters (lactones) is 2. The van der Waals surface area contributed by atoms with Gasteiger partial charge in [-0.1, -0.05) is 11.2 Å². The molecule has 1 fully saturated rings. The Labute approximate surface area is 98.7 Å². The van der Waals surface area contributed by atoms with Gasteiger partial charge in [0.2, 0.25) is 0 Å². The lowest BCUT2D eigenvalue weighted by atomic mass is 10.3. The summed E-state index contributed by atoms with van der Waals surface area (Å²) in [4.78, 5) is 10.6. The van der Waals surface area contributed by atoms with Crippen molar-refractivity contribution in [2.24, 2.45) is 0 Å². The Balaban J connectivity index is 2.68. The van der Waals surface area contributed by atoms with E-state index in [-0.39, 0.29) is 0 Å². The van der Waals surface area contributed by atoms with E-state index >= 15 is 0 Å². The number of hydrogen-bond acceptors (Lipinski definition) is 4. The molecule has 0 bridgehead atoms. The highest BCUT2D eigenvalue weighted by atomic mass is 32.2. The van der Waals surface area contributed by atoms with Gasteiger partial charge in [-0.15, -0.1) is 0 Å². The van der Waals surface area contributed by atoms with E-state index in [4.69, 9.17) is 0 Å². The lowest BCUT2D eigenvalue weighted by molar-refractivity contribution is -0.346. The number of alkyl halides is 3. The van der Waals surface area contributed by atoms with E-state index in [1.54, 1.807) is 0 Å². The fraction of sp³-hybridized carbons (Fsp3) is 0.667. The van der Waals surface area contributed by atoms with Crippen molar-refractivity contribution in [3.05, 3.63) is 0 Å². The average molecular weight is 272 g/mol. The normalized spacial score (nSPS) is 24.5. The van der Waals surface area contributed by atoms with Crippen LogP contribution < -0.4 is 0 Å². The summed E-state index contributed by atoms with van der Waals surface area (Å²) < 4.78 is 50.6. The molecule has 8 heteroatoms. The third-order valence-corrected chi connectivity index (χ3v) is 2.35. The molecule has 1 rings (SSSR count). The van der Waals surface area contributed by atoms with Crippen LogP contribution in [-0.2, 0) is 14.2 Å². The van der Waals surface area contributed by atoms with Crippen molar-refractivity contribution >= 4 is 17.1 Å². The molecule has 17 heavy (non-hydrogen) atoms. The number of rotatable bonds is 2. The molecule has 1 aliphatic heterocycles. The van der Waals surface area contributed by atoms with Gasteiger partial charge in [0, 0.05) is 0 Å². The molecule has 1 heterocycles. The summed E-state index contributed by atoms with van der Waals surface area (Å²) in [6.07, 6.45) is -2.56. The van der Waals surface area contributed by atoms with Gasteiger partial charge in [-0.25, -0.2) is 4.79 Å². The van der Waals surface area contributed by atoms with Gasteiger partial charge in [0.15, 0.2) is 6.61 Å². The molecule has 0 aromatic rings. The van der Waals surface area contributed by atoms with Crippen molar-refractivity contribution in [1.29, 1.82) is 0 Å². The standard InChI is InChI=1S/C9H11F3O4S/c1-17(2)5-3-4-15-8(9(10,11)12)6-14-7(13)16-8/h17H,4,6H2,1-2H3. The quantitative estimate of drug-likeness (QED) is 0.471. The molecule has 0 saturated carbocycles. The Morgan fingerprint density at radius 1 is 1.53 bits per heavy atom. The number of thiol groups is 1. The average Bonchev–Trinajstić information content (AvgIpc) is 2.55. The van der Waals surface area contributed by atoms with E-state index in [0.717, 1.165) is 0 Å². The van der Waals surface area contributed by atoms with E-state index < -0.39 is 42.2 Å². The maximum Gasteiger partial charge on any atom is 0.511 e. The summed E-state index contributed by atoms with van der Waals surface area (Å²) in [5.41, 5.74) is 0. The summed E-state index contributed by atoms with van der Waals surface area (Å²) in [5, 5.41) is 2.69. The summed E-state index contributed by atoms with van der Waals surface area (Å²) >= 11 is 0. The van der Waals surface area contributed by atoms with Crippen molar-refractivity contribution in [3.63, 3.8) is 0 Å². The second-order valence-corrected chi connectivity index (χ2v) is 5.38. The molecule has 0 N–H and O–H groups in total. The number of ether oxygens (including phenoxy) is 3. The van der Waals surface area contributed by atoms with Crippen molar-refractivity contribution in [2.45, 2.75) is 12.0 Å². The number of carbonyl (C=O) groups excluding carboxylic acids is 1. The van der Waals surface area contributed by atoms with Gasteiger partial charge >= 0.3 is 18.1 Å². The van der Waals surface area contributed by atoms with Gasteiger partial charge < -0.3 is 14.2 Å². The fourth-order valence-electron chi connectivity index (χ4n) is 0.983. The minimum absolute atomic E-state index is 0.476. The molecule has 0 aromatic carbocycles. The zero-order chi connectivity index (χ0) is 13.1. The van der Waals surface area contributed by atoms with Crippen molar-refractivity contribution in [2.75, 3.05) is 25.7 Å². The first-order valence-corrected chi connectivity index (χ1v) is 6.73. The molecular formula is C9H11F3O4S. The number of halogens is 3. The predicted molar refractivity (Wildman–Crippen MR) is 55.8 cm³/mol. The number of hydrogen-bond donors (Lipinski definition) is 1. The minimum atomic E-state index is -4.86. The van der Waals surface area contributed by atoms with Crippen LogP contribution in [0.5, 0.6) is 0 Å². The highest BCUT2D eigenvalue weighted by Crippen LogP contribution is 2.38. The second-order valence-electron chi connectivity index (χ2n) is 3.36. The molecule has 1 aliphatic rings. The number of carbonyl (C=O) groups is 1. The van der Waals surface area contributed by atoms with Gasteiger partial charge in [0.25, 0.3) is 0 Å². The summed E-state index contributed by atoms with van der Waals surface area (Å²) in [7, 11) is -0.539. The van der Waals surface area contributed by atoms with Gasteiger partial charge in [0.1, 0.15) is 6.61 Å². The predicted octanol–water partition coefficient (Wildman–Crippen LogP) is 1.65. The Morgan fingerprint density at radius 3 is 2.59 bits per heavy atom. The molecule has 0 radical (unpaired) electrons. The van der Waals surface area contributed by atoms with Crippen LogP contribution in [0.2, 0.25) is 0 Å². The molecule has 4 nitrogen and oxygen atoms in total. The first-order valence-electron chi connectivity index (χ1n) is 4.49. The fourth-order valence-corrected chi connectivity index (χ4v) is 1.36. The molecule has 98 valence electrons. The van der Waals surface area contributed by atoms with Crippen LogP contribution in [0.1, 0.15) is 0 Å². The van der Waals surface area contributed by atoms with Crippen LogP contribution in [-0.4, -0.2) is 43.8 Å². The highest BCUT2D eigenvalue weighted by molar-refractivity contribution is 8.20. The first kappa shape index (κ1) is 14.0. The monoisotopic (exact) mass is 272 g/mol. The third kappa shape index (κ3) is 3.44. The highest BCUT2D eigenvalue weighted by Gasteiger charge is 2.64. The lowest BCUT2D eigenvalue weighted by Crippen LogP contribution is -2.50. The van der Waals surface area contributed by atoms with Crippen molar-refractivity contribution < 1.29 is 32.2 Å². The Morgan fingerprint density at radius 2 is 2.18 bits per heavy atom. The minimum Gasteiger partial charge on any atom is -0.427 e. The van der Waals surface area contributed by atoms with Crippen LogP contribution >= 0.6 is 10.9 Å². The van der Waals surface area contributed by atoms with E-state index in [1.807, 2.05) is 12.5 Å².